The van der Waals surface area contributed by atoms with Crippen LogP contribution in [-0.4, -0.2) is 51.7 Å². The number of benzene rings is 1. The molecule has 4 heterocycles. The largest absolute Gasteiger partial charge is 0.452 e. The fourth-order valence-corrected chi connectivity index (χ4v) is 6.79. The Labute approximate surface area is 216 Å². The summed E-state index contributed by atoms with van der Waals surface area (Å²) in [6.45, 7) is 7.33. The van der Waals surface area contributed by atoms with Crippen LogP contribution >= 0.6 is 11.6 Å². The second-order valence-electron chi connectivity index (χ2n) is 11.1. The van der Waals surface area contributed by atoms with E-state index in [2.05, 4.69) is 41.0 Å². The number of imidazole rings is 1. The van der Waals surface area contributed by atoms with Crippen molar-refractivity contribution in [1.82, 2.24) is 24.6 Å². The molecule has 2 aliphatic heterocycles. The van der Waals surface area contributed by atoms with Gasteiger partial charge >= 0.3 is 6.09 Å². The third-order valence-corrected chi connectivity index (χ3v) is 8.93. The average Bonchev–Trinajstić information content (AvgIpc) is 3.45. The Morgan fingerprint density at radius 2 is 2.06 bits per heavy atom. The third kappa shape index (κ3) is 3.89. The van der Waals surface area contributed by atoms with Gasteiger partial charge in [-0.15, -0.1) is 0 Å². The van der Waals surface area contributed by atoms with E-state index in [0.29, 0.717) is 23.0 Å². The minimum absolute atomic E-state index is 0.0954. The number of rotatable bonds is 4. The number of aryl methyl sites for hydroxylation is 1. The molecule has 192 valence electrons. The number of methoxy groups -OCH3 is 1. The van der Waals surface area contributed by atoms with Crippen LogP contribution in [0.2, 0.25) is 5.02 Å². The van der Waals surface area contributed by atoms with Crippen molar-refractivity contribution >= 4 is 34.4 Å². The second-order valence-corrected chi connectivity index (χ2v) is 11.6. The quantitative estimate of drug-likeness (QED) is 0.515. The molecule has 2 aromatic heterocycles. The molecule has 1 saturated carbocycles. The number of hydrogen-bond acceptors (Lipinski definition) is 5. The van der Waals surface area contributed by atoms with Crippen molar-refractivity contribution in [2.45, 2.75) is 76.9 Å². The van der Waals surface area contributed by atoms with E-state index in [1.165, 1.54) is 38.3 Å². The predicted molar refractivity (Wildman–Crippen MR) is 141 cm³/mol. The number of hydrogen-bond donors (Lipinski definition) is 1. The molecular formula is C27H35ClN6O2. The zero-order valence-electron chi connectivity index (χ0n) is 21.3. The molecule has 1 aromatic carbocycles. The van der Waals surface area contributed by atoms with Crippen molar-refractivity contribution in [2.24, 2.45) is 5.41 Å². The molecule has 2 fully saturated rings. The first-order valence-corrected chi connectivity index (χ1v) is 13.6. The molecule has 0 radical (unpaired) electrons. The van der Waals surface area contributed by atoms with E-state index in [-0.39, 0.29) is 18.1 Å². The summed E-state index contributed by atoms with van der Waals surface area (Å²) in [5.74, 6) is 1.26. The molecule has 2 atom stereocenters. The van der Waals surface area contributed by atoms with Crippen molar-refractivity contribution in [3.05, 3.63) is 40.9 Å². The van der Waals surface area contributed by atoms with Crippen LogP contribution in [0.1, 0.15) is 69.3 Å². The lowest BCUT2D eigenvalue weighted by molar-refractivity contribution is 0.0841. The Morgan fingerprint density at radius 3 is 2.69 bits per heavy atom. The van der Waals surface area contributed by atoms with E-state index in [1.54, 1.807) is 11.1 Å². The Bertz CT molecular complexity index is 1280. The number of aromatic nitrogens is 4. The molecule has 1 spiro atoms. The monoisotopic (exact) mass is 510 g/mol. The van der Waals surface area contributed by atoms with Gasteiger partial charge in [0.2, 0.25) is 0 Å². The fourth-order valence-electron chi connectivity index (χ4n) is 6.63. The molecule has 1 saturated heterocycles. The van der Waals surface area contributed by atoms with E-state index in [9.17, 15) is 4.79 Å². The predicted octanol–water partition coefficient (Wildman–Crippen LogP) is 5.30. The zero-order valence-corrected chi connectivity index (χ0v) is 22.1. The molecule has 6 rings (SSSR count). The van der Waals surface area contributed by atoms with Crippen LogP contribution < -0.4 is 10.2 Å². The number of halogens is 1. The second kappa shape index (κ2) is 9.06. The first-order chi connectivity index (χ1) is 17.4. The number of anilines is 1. The topological polar surface area (TPSA) is 77.2 Å². The van der Waals surface area contributed by atoms with Crippen molar-refractivity contribution in [3.63, 3.8) is 0 Å². The van der Waals surface area contributed by atoms with E-state index in [0.717, 1.165) is 48.5 Å². The number of nitrogens with one attached hydrogen (secondary N) is 1. The standard InChI is InChI=1S/C27H35ClN6O2/c1-17(13-32-14-19(28)12-30-32)25-31-24-21-5-4-18(2)33(26(35)36-3)22(21)6-7-23(24)34(25)20-8-10-27(11-9-20)15-29-16-27/h6-7,12,14,17-18,20,29H,4-5,8-11,13,15-16H2,1-3H3/t17-,18+/m1/s1. The molecule has 0 unspecified atom stereocenters. The lowest BCUT2D eigenvalue weighted by Crippen LogP contribution is -2.54. The van der Waals surface area contributed by atoms with Crippen LogP contribution in [0.25, 0.3) is 11.0 Å². The highest BCUT2D eigenvalue weighted by Gasteiger charge is 2.41. The molecule has 9 heteroatoms. The molecule has 36 heavy (non-hydrogen) atoms. The van der Waals surface area contributed by atoms with Crippen LogP contribution in [0, 0.1) is 5.41 Å². The van der Waals surface area contributed by atoms with Gasteiger partial charge in [0.15, 0.2) is 0 Å². The average molecular weight is 511 g/mol. The normalized spacial score (nSPS) is 22.4. The third-order valence-electron chi connectivity index (χ3n) is 8.74. The SMILES string of the molecule is COC(=O)N1c2ccc3c(nc([C@H](C)Cn4cc(Cl)cn4)n3C3CCC4(CC3)CNC4)c2CC[C@@H]1C. The lowest BCUT2D eigenvalue weighted by atomic mass is 9.68. The molecule has 3 aliphatic rings. The maximum Gasteiger partial charge on any atom is 0.414 e. The van der Waals surface area contributed by atoms with Gasteiger partial charge in [0, 0.05) is 42.9 Å². The van der Waals surface area contributed by atoms with Gasteiger partial charge in [-0.3, -0.25) is 9.58 Å². The summed E-state index contributed by atoms with van der Waals surface area (Å²) < 4.78 is 9.56. The van der Waals surface area contributed by atoms with Gasteiger partial charge in [-0.25, -0.2) is 9.78 Å². The maximum atomic E-state index is 12.7. The van der Waals surface area contributed by atoms with Gasteiger partial charge in [-0.05, 0) is 63.0 Å². The maximum absolute atomic E-state index is 12.7. The number of ether oxygens (including phenoxy) is 1. The van der Waals surface area contributed by atoms with Crippen LogP contribution in [0.3, 0.4) is 0 Å². The molecule has 1 amide bonds. The van der Waals surface area contributed by atoms with Gasteiger partial charge in [0.1, 0.15) is 5.82 Å². The summed E-state index contributed by atoms with van der Waals surface area (Å²) in [6.07, 6.45) is 9.89. The van der Waals surface area contributed by atoms with Crippen molar-refractivity contribution in [2.75, 3.05) is 25.1 Å². The Balaban J connectivity index is 1.43. The fraction of sp³-hybridized carbons (Fsp3) is 0.593. The Hall–Kier alpha value is -2.58. The van der Waals surface area contributed by atoms with Gasteiger partial charge < -0.3 is 14.6 Å². The van der Waals surface area contributed by atoms with E-state index < -0.39 is 0 Å². The Kier molecular flexibility index (Phi) is 5.99. The van der Waals surface area contributed by atoms with Crippen LogP contribution in [0.4, 0.5) is 10.5 Å². The highest BCUT2D eigenvalue weighted by molar-refractivity contribution is 6.30. The number of amides is 1. The van der Waals surface area contributed by atoms with Gasteiger partial charge in [0.25, 0.3) is 0 Å². The first kappa shape index (κ1) is 23.8. The van der Waals surface area contributed by atoms with E-state index in [1.807, 2.05) is 10.9 Å². The highest BCUT2D eigenvalue weighted by atomic mass is 35.5. The lowest BCUT2D eigenvalue weighted by Gasteiger charge is -2.48. The van der Waals surface area contributed by atoms with E-state index >= 15 is 0 Å². The molecule has 8 nitrogen and oxygen atoms in total. The van der Waals surface area contributed by atoms with Gasteiger partial charge in [-0.2, -0.15) is 5.10 Å². The van der Waals surface area contributed by atoms with Crippen molar-refractivity contribution in [3.8, 4) is 0 Å². The minimum Gasteiger partial charge on any atom is -0.452 e. The summed E-state index contributed by atoms with van der Waals surface area (Å²) >= 11 is 6.14. The van der Waals surface area contributed by atoms with E-state index in [4.69, 9.17) is 21.3 Å². The zero-order chi connectivity index (χ0) is 25.0. The number of carbonyl (C=O) groups excluding carboxylic acids is 1. The molecule has 1 N–H and O–H groups in total. The number of carbonyl (C=O) groups is 1. The summed E-state index contributed by atoms with van der Waals surface area (Å²) in [6, 6.07) is 4.80. The number of nitrogens with zero attached hydrogens (tertiary/aromatic N) is 5. The minimum atomic E-state index is -0.307. The summed E-state index contributed by atoms with van der Waals surface area (Å²) in [4.78, 5) is 19.8. The summed E-state index contributed by atoms with van der Waals surface area (Å²) in [5.41, 5.74) is 4.79. The molecule has 3 aromatic rings. The number of fused-ring (bicyclic) bond motifs is 3. The van der Waals surface area contributed by atoms with Crippen LogP contribution in [-0.2, 0) is 17.7 Å². The first-order valence-electron chi connectivity index (χ1n) is 13.2. The van der Waals surface area contributed by atoms with Crippen LogP contribution in [0.15, 0.2) is 24.5 Å². The van der Waals surface area contributed by atoms with Crippen LogP contribution in [0.5, 0.6) is 0 Å². The van der Waals surface area contributed by atoms with Crippen molar-refractivity contribution < 1.29 is 9.53 Å². The highest BCUT2D eigenvalue weighted by Crippen LogP contribution is 2.46. The Morgan fingerprint density at radius 1 is 1.28 bits per heavy atom. The van der Waals surface area contributed by atoms with Crippen molar-refractivity contribution in [1.29, 1.82) is 0 Å². The smallest absolute Gasteiger partial charge is 0.414 e. The molecular weight excluding hydrogens is 476 g/mol. The van der Waals surface area contributed by atoms with Gasteiger partial charge in [-0.1, -0.05) is 18.5 Å². The summed E-state index contributed by atoms with van der Waals surface area (Å²) in [5, 5.41) is 8.55. The summed E-state index contributed by atoms with van der Waals surface area (Å²) in [7, 11) is 1.45. The molecule has 1 aliphatic carbocycles. The van der Waals surface area contributed by atoms with Gasteiger partial charge in [0.05, 0.1) is 41.6 Å². The molecule has 0 bridgehead atoms.